The number of hydrogen-bond acceptors (Lipinski definition) is 4. The molecule has 26 heavy (non-hydrogen) atoms. The van der Waals surface area contributed by atoms with Crippen molar-refractivity contribution in [3.05, 3.63) is 34.9 Å². The lowest BCUT2D eigenvalue weighted by molar-refractivity contribution is -0.140. The molecule has 0 bridgehead atoms. The topological polar surface area (TPSA) is 95.6 Å². The number of likely N-dealkylation sites (tertiary alicyclic amines) is 1. The summed E-state index contributed by atoms with van der Waals surface area (Å²) < 4.78 is 0. The van der Waals surface area contributed by atoms with Crippen molar-refractivity contribution in [2.75, 3.05) is 6.54 Å². The van der Waals surface area contributed by atoms with E-state index < -0.39 is 11.8 Å². The van der Waals surface area contributed by atoms with Crippen LogP contribution in [0.3, 0.4) is 0 Å². The van der Waals surface area contributed by atoms with Gasteiger partial charge in [0.05, 0.1) is 11.8 Å². The van der Waals surface area contributed by atoms with Gasteiger partial charge in [0.15, 0.2) is 0 Å². The van der Waals surface area contributed by atoms with Crippen LogP contribution in [0, 0.1) is 11.8 Å². The van der Waals surface area contributed by atoms with Gasteiger partial charge in [0.1, 0.15) is 0 Å². The van der Waals surface area contributed by atoms with Gasteiger partial charge in [-0.25, -0.2) is 0 Å². The normalized spacial score (nSPS) is 22.1. The second kappa shape index (κ2) is 7.86. The van der Waals surface area contributed by atoms with Crippen molar-refractivity contribution >= 4 is 35.2 Å². The van der Waals surface area contributed by atoms with E-state index in [2.05, 4.69) is 10.9 Å². The lowest BCUT2D eigenvalue weighted by Crippen LogP contribution is -2.43. The Morgan fingerprint density at radius 3 is 2.15 bits per heavy atom. The Kier molecular flexibility index (Phi) is 5.56. The highest BCUT2D eigenvalue weighted by molar-refractivity contribution is 6.30. The van der Waals surface area contributed by atoms with Gasteiger partial charge in [-0.15, -0.1) is 0 Å². The van der Waals surface area contributed by atoms with E-state index in [1.165, 1.54) is 17.0 Å². The summed E-state index contributed by atoms with van der Waals surface area (Å²) in [6.45, 7) is 0.0350. The van der Waals surface area contributed by atoms with Crippen LogP contribution in [-0.4, -0.2) is 35.1 Å². The Morgan fingerprint density at radius 2 is 1.58 bits per heavy atom. The Balaban J connectivity index is 1.47. The number of hydrazine groups is 1. The number of carbonyl (C=O) groups excluding carboxylic acids is 4. The van der Waals surface area contributed by atoms with Crippen LogP contribution in [0.15, 0.2) is 24.3 Å². The number of hydrogen-bond donors (Lipinski definition) is 2. The molecule has 0 aromatic heterocycles. The predicted octanol–water partition coefficient (Wildman–Crippen LogP) is 1.67. The summed E-state index contributed by atoms with van der Waals surface area (Å²) in [5.41, 5.74) is 4.94. The molecule has 2 aliphatic rings. The maximum atomic E-state index is 12.3. The predicted molar refractivity (Wildman–Crippen MR) is 93.8 cm³/mol. The van der Waals surface area contributed by atoms with Crippen LogP contribution in [0.5, 0.6) is 0 Å². The molecule has 1 aliphatic carbocycles. The van der Waals surface area contributed by atoms with Gasteiger partial charge in [-0.2, -0.15) is 0 Å². The number of carbonyl (C=O) groups is 4. The molecule has 0 spiro atoms. The van der Waals surface area contributed by atoms with Crippen molar-refractivity contribution in [1.29, 1.82) is 0 Å². The summed E-state index contributed by atoms with van der Waals surface area (Å²) in [6, 6.07) is 6.21. The fourth-order valence-electron chi connectivity index (χ4n) is 3.53. The first-order chi connectivity index (χ1) is 12.5. The second-order valence-corrected chi connectivity index (χ2v) is 7.02. The van der Waals surface area contributed by atoms with Gasteiger partial charge in [-0.3, -0.25) is 34.9 Å². The van der Waals surface area contributed by atoms with Crippen LogP contribution in [-0.2, 0) is 14.4 Å². The zero-order valence-electron chi connectivity index (χ0n) is 14.2. The lowest BCUT2D eigenvalue weighted by atomic mass is 9.81. The molecule has 138 valence electrons. The van der Waals surface area contributed by atoms with Gasteiger partial charge in [-0.1, -0.05) is 24.4 Å². The Bertz CT molecular complexity index is 710. The van der Waals surface area contributed by atoms with Gasteiger partial charge >= 0.3 is 0 Å². The number of nitrogens with zero attached hydrogens (tertiary/aromatic N) is 1. The average molecular weight is 378 g/mol. The van der Waals surface area contributed by atoms with Crippen molar-refractivity contribution in [1.82, 2.24) is 15.8 Å². The minimum atomic E-state index is -0.477. The minimum absolute atomic E-state index is 0.0350. The van der Waals surface area contributed by atoms with Crippen molar-refractivity contribution in [3.8, 4) is 0 Å². The van der Waals surface area contributed by atoms with Crippen LogP contribution in [0.2, 0.25) is 5.02 Å². The van der Waals surface area contributed by atoms with Crippen LogP contribution >= 0.6 is 11.6 Å². The van der Waals surface area contributed by atoms with Gasteiger partial charge < -0.3 is 0 Å². The van der Waals surface area contributed by atoms with Crippen molar-refractivity contribution in [2.24, 2.45) is 11.8 Å². The third kappa shape index (κ3) is 3.88. The summed E-state index contributed by atoms with van der Waals surface area (Å²) in [4.78, 5) is 49.7. The van der Waals surface area contributed by atoms with Gasteiger partial charge in [0, 0.05) is 23.6 Å². The monoisotopic (exact) mass is 377 g/mol. The van der Waals surface area contributed by atoms with E-state index in [-0.39, 0.29) is 36.6 Å². The Labute approximate surface area is 156 Å². The van der Waals surface area contributed by atoms with E-state index in [4.69, 9.17) is 11.6 Å². The second-order valence-electron chi connectivity index (χ2n) is 6.58. The highest BCUT2D eigenvalue weighted by Crippen LogP contribution is 2.37. The molecule has 2 fully saturated rings. The molecule has 1 aromatic carbocycles. The fraction of sp³-hybridized carbons (Fsp3) is 0.444. The molecule has 0 unspecified atom stereocenters. The lowest BCUT2D eigenvalue weighted by Gasteiger charge is -2.19. The smallest absolute Gasteiger partial charge is 0.269 e. The summed E-state index contributed by atoms with van der Waals surface area (Å²) in [5, 5.41) is 0.506. The largest absolute Gasteiger partial charge is 0.282 e. The molecule has 7 nitrogen and oxygen atoms in total. The highest BCUT2D eigenvalue weighted by atomic mass is 35.5. The van der Waals surface area contributed by atoms with E-state index >= 15 is 0 Å². The molecular weight excluding hydrogens is 358 g/mol. The van der Waals surface area contributed by atoms with E-state index in [9.17, 15) is 19.2 Å². The van der Waals surface area contributed by atoms with Crippen LogP contribution in [0.25, 0.3) is 0 Å². The van der Waals surface area contributed by atoms with Gasteiger partial charge in [-0.05, 0) is 37.1 Å². The quantitative estimate of drug-likeness (QED) is 0.616. The first-order valence-corrected chi connectivity index (χ1v) is 9.05. The Morgan fingerprint density at radius 1 is 1.00 bits per heavy atom. The summed E-state index contributed by atoms with van der Waals surface area (Å²) >= 11 is 5.76. The van der Waals surface area contributed by atoms with E-state index in [1.807, 2.05) is 0 Å². The number of nitrogens with one attached hydrogen (secondary N) is 2. The molecule has 0 radical (unpaired) electrons. The van der Waals surface area contributed by atoms with Gasteiger partial charge in [0.2, 0.25) is 17.7 Å². The molecule has 1 heterocycles. The SMILES string of the molecule is O=C(CCN1C(=O)[C@@H]2CCCC[C@H]2C1=O)NNC(=O)c1ccc(Cl)cc1. The van der Waals surface area contributed by atoms with Crippen LogP contribution in [0.4, 0.5) is 0 Å². The minimum Gasteiger partial charge on any atom is -0.282 e. The number of rotatable bonds is 4. The van der Waals surface area contributed by atoms with E-state index in [0.717, 1.165) is 25.7 Å². The van der Waals surface area contributed by atoms with E-state index in [0.29, 0.717) is 10.6 Å². The molecule has 3 rings (SSSR count). The van der Waals surface area contributed by atoms with Gasteiger partial charge in [0.25, 0.3) is 5.91 Å². The molecule has 4 amide bonds. The molecule has 1 saturated heterocycles. The zero-order chi connectivity index (χ0) is 18.7. The Hall–Kier alpha value is -2.41. The molecular formula is C18H20ClN3O4. The van der Waals surface area contributed by atoms with Crippen molar-refractivity contribution in [3.63, 3.8) is 0 Å². The molecule has 1 saturated carbocycles. The number of fused-ring (bicyclic) bond motifs is 1. The zero-order valence-corrected chi connectivity index (χ0v) is 14.9. The average Bonchev–Trinajstić information content (AvgIpc) is 2.89. The van der Waals surface area contributed by atoms with Crippen LogP contribution < -0.4 is 10.9 Å². The molecule has 1 aliphatic heterocycles. The van der Waals surface area contributed by atoms with Crippen molar-refractivity contribution < 1.29 is 19.2 Å². The summed E-state index contributed by atoms with van der Waals surface area (Å²) in [5.74, 6) is -1.72. The van der Waals surface area contributed by atoms with Crippen molar-refractivity contribution in [2.45, 2.75) is 32.1 Å². The first kappa shape index (κ1) is 18.4. The molecule has 2 atom stereocenters. The summed E-state index contributed by atoms with van der Waals surface area (Å²) in [7, 11) is 0. The number of imide groups is 1. The van der Waals surface area contributed by atoms with Crippen LogP contribution in [0.1, 0.15) is 42.5 Å². The highest BCUT2D eigenvalue weighted by Gasteiger charge is 2.47. The number of benzene rings is 1. The first-order valence-electron chi connectivity index (χ1n) is 8.67. The standard InChI is InChI=1S/C18H20ClN3O4/c19-12-7-5-11(6-8-12)16(24)21-20-15(23)9-10-22-17(25)13-3-1-2-4-14(13)18(22)26/h5-8,13-14H,1-4,9-10H2,(H,20,23)(H,21,24)/t13-,14-/m1/s1. The van der Waals surface area contributed by atoms with E-state index in [1.54, 1.807) is 12.1 Å². The fourth-order valence-corrected chi connectivity index (χ4v) is 3.65. The summed E-state index contributed by atoms with van der Waals surface area (Å²) in [6.07, 6.45) is 3.36. The molecule has 8 heteroatoms. The molecule has 1 aromatic rings. The third-order valence-electron chi connectivity index (χ3n) is 4.92. The third-order valence-corrected chi connectivity index (χ3v) is 5.17. The number of halogens is 1. The maximum Gasteiger partial charge on any atom is 0.269 e. The molecule has 2 N–H and O–H groups in total. The number of amides is 4. The maximum absolute atomic E-state index is 12.3.